The Bertz CT molecular complexity index is 675. The molecule has 0 radical (unpaired) electrons. The molecule has 2 aliphatic rings. The molecule has 2 N–H and O–H groups in total. The molecule has 9 nitrogen and oxygen atoms in total. The molecule has 1 aromatic heterocycles. The van der Waals surface area contributed by atoms with Gasteiger partial charge >= 0.3 is 6.03 Å². The van der Waals surface area contributed by atoms with E-state index in [0.717, 1.165) is 0 Å². The van der Waals surface area contributed by atoms with Gasteiger partial charge in [0.15, 0.2) is 5.82 Å². The van der Waals surface area contributed by atoms with E-state index in [1.165, 1.54) is 0 Å². The highest BCUT2D eigenvalue weighted by molar-refractivity contribution is 5.91. The van der Waals surface area contributed by atoms with Crippen molar-refractivity contribution in [2.75, 3.05) is 52.1 Å². The smallest absolute Gasteiger partial charge is 0.319 e. The number of anilines is 1. The molecule has 2 aliphatic heterocycles. The van der Waals surface area contributed by atoms with Crippen molar-refractivity contribution in [2.45, 2.75) is 18.4 Å². The summed E-state index contributed by atoms with van der Waals surface area (Å²) in [6, 6.07) is 1.72. The predicted molar refractivity (Wildman–Crippen MR) is 96.6 cm³/mol. The van der Waals surface area contributed by atoms with E-state index < -0.39 is 5.60 Å². The van der Waals surface area contributed by atoms with Crippen LogP contribution in [-0.2, 0) is 11.8 Å². The molecule has 0 unspecified atom stereocenters. The zero-order chi connectivity index (χ0) is 18.9. The topological polar surface area (TPSA) is 93.9 Å². The zero-order valence-corrected chi connectivity index (χ0v) is 15.7. The lowest BCUT2D eigenvalue weighted by molar-refractivity contribution is -0.125. The average Bonchev–Trinajstić information content (AvgIpc) is 2.98. The second-order valence-electron chi connectivity index (χ2n) is 7.58. The maximum Gasteiger partial charge on any atom is 0.319 e. The van der Waals surface area contributed by atoms with Crippen LogP contribution >= 0.6 is 0 Å². The Morgan fingerprint density at radius 2 is 2.08 bits per heavy atom. The van der Waals surface area contributed by atoms with Crippen molar-refractivity contribution in [1.29, 1.82) is 0 Å². The molecular weight excluding hydrogens is 336 g/mol. The molecule has 0 spiro atoms. The number of urea groups is 1. The van der Waals surface area contributed by atoms with E-state index in [9.17, 15) is 14.7 Å². The Kier molecular flexibility index (Phi) is 5.19. The molecule has 0 aliphatic carbocycles. The summed E-state index contributed by atoms with van der Waals surface area (Å²) in [6.07, 6.45) is 2.98. The maximum absolute atomic E-state index is 12.3. The number of nitrogens with zero attached hydrogens (tertiary/aromatic N) is 5. The number of carbonyl (C=O) groups excluding carboxylic acids is 2. The van der Waals surface area contributed by atoms with Crippen molar-refractivity contribution >= 4 is 17.8 Å². The number of aliphatic hydroxyl groups is 1. The summed E-state index contributed by atoms with van der Waals surface area (Å²) >= 11 is 0. The Morgan fingerprint density at radius 3 is 2.73 bits per heavy atom. The van der Waals surface area contributed by atoms with E-state index in [-0.39, 0.29) is 24.4 Å². The number of carbonyl (C=O) groups is 2. The summed E-state index contributed by atoms with van der Waals surface area (Å²) in [5, 5.41) is 17.9. The van der Waals surface area contributed by atoms with Crippen molar-refractivity contribution in [3.8, 4) is 0 Å². The minimum absolute atomic E-state index is 0.0305. The van der Waals surface area contributed by atoms with Crippen molar-refractivity contribution in [2.24, 2.45) is 13.0 Å². The van der Waals surface area contributed by atoms with Gasteiger partial charge in [-0.25, -0.2) is 4.79 Å². The maximum atomic E-state index is 12.3. The molecule has 2 fully saturated rings. The predicted octanol–water partition coefficient (Wildman–Crippen LogP) is -0.201. The number of hydrogen-bond donors (Lipinski definition) is 2. The van der Waals surface area contributed by atoms with Gasteiger partial charge in [0.1, 0.15) is 0 Å². The van der Waals surface area contributed by atoms with Gasteiger partial charge in [0, 0.05) is 65.5 Å². The number of nitrogens with one attached hydrogen (secondary N) is 1. The van der Waals surface area contributed by atoms with E-state index in [2.05, 4.69) is 10.4 Å². The Hall–Kier alpha value is -2.13. The van der Waals surface area contributed by atoms with Crippen molar-refractivity contribution in [3.63, 3.8) is 0 Å². The third-order valence-corrected chi connectivity index (χ3v) is 5.36. The first kappa shape index (κ1) is 18.7. The van der Waals surface area contributed by atoms with Crippen LogP contribution < -0.4 is 5.32 Å². The van der Waals surface area contributed by atoms with Crippen LogP contribution in [0.5, 0.6) is 0 Å². The summed E-state index contributed by atoms with van der Waals surface area (Å²) in [7, 11) is 5.27. The van der Waals surface area contributed by atoms with Crippen LogP contribution in [0.4, 0.5) is 10.6 Å². The van der Waals surface area contributed by atoms with E-state index >= 15 is 0 Å². The van der Waals surface area contributed by atoms with Gasteiger partial charge in [0.2, 0.25) is 5.91 Å². The summed E-state index contributed by atoms with van der Waals surface area (Å²) in [6.45, 7) is 2.62. The molecule has 0 aromatic carbocycles. The van der Waals surface area contributed by atoms with Crippen molar-refractivity contribution < 1.29 is 14.7 Å². The Labute approximate surface area is 153 Å². The van der Waals surface area contributed by atoms with E-state index in [0.29, 0.717) is 44.8 Å². The van der Waals surface area contributed by atoms with E-state index in [1.54, 1.807) is 47.9 Å². The minimum Gasteiger partial charge on any atom is -0.389 e. The minimum atomic E-state index is -0.739. The number of aryl methyl sites for hydroxylation is 1. The van der Waals surface area contributed by atoms with Gasteiger partial charge in [-0.2, -0.15) is 5.10 Å². The van der Waals surface area contributed by atoms with Crippen molar-refractivity contribution in [1.82, 2.24) is 24.5 Å². The summed E-state index contributed by atoms with van der Waals surface area (Å²) in [5.74, 6) is 0.370. The normalized spacial score (nSPS) is 26.3. The first-order chi connectivity index (χ1) is 12.3. The first-order valence-corrected chi connectivity index (χ1v) is 8.97. The van der Waals surface area contributed by atoms with E-state index in [4.69, 9.17) is 0 Å². The monoisotopic (exact) mass is 364 g/mol. The quantitative estimate of drug-likeness (QED) is 0.775. The third kappa shape index (κ3) is 3.99. The van der Waals surface area contributed by atoms with Crippen LogP contribution in [0.25, 0.3) is 0 Å². The molecule has 3 heterocycles. The lowest BCUT2D eigenvalue weighted by Gasteiger charge is -2.50. The van der Waals surface area contributed by atoms with Crippen LogP contribution in [0.15, 0.2) is 12.3 Å². The molecule has 3 amide bonds. The van der Waals surface area contributed by atoms with Gasteiger partial charge in [-0.3, -0.25) is 14.4 Å². The largest absolute Gasteiger partial charge is 0.389 e. The van der Waals surface area contributed by atoms with Crippen LogP contribution in [-0.4, -0.2) is 93.9 Å². The van der Waals surface area contributed by atoms with Crippen LogP contribution in [0.2, 0.25) is 0 Å². The number of likely N-dealkylation sites (tertiary alicyclic amines) is 2. The van der Waals surface area contributed by atoms with Gasteiger partial charge in [-0.15, -0.1) is 0 Å². The molecule has 26 heavy (non-hydrogen) atoms. The lowest BCUT2D eigenvalue weighted by Crippen LogP contribution is -2.62. The van der Waals surface area contributed by atoms with Gasteiger partial charge in [-0.1, -0.05) is 0 Å². The molecule has 1 aromatic rings. The molecule has 3 rings (SSSR count). The van der Waals surface area contributed by atoms with Crippen molar-refractivity contribution in [3.05, 3.63) is 12.3 Å². The summed E-state index contributed by atoms with van der Waals surface area (Å²) in [5.41, 5.74) is -0.739. The molecule has 2 atom stereocenters. The van der Waals surface area contributed by atoms with Crippen LogP contribution in [0, 0.1) is 5.92 Å². The highest BCUT2D eigenvalue weighted by Crippen LogP contribution is 2.35. The number of rotatable bonds is 3. The SMILES string of the molecule is CN(C)C(=O)N1CC[C@]2(O)CCN(CC(=O)Nc3ccn(C)n3)C[C@@H]2C1. The number of hydrogen-bond acceptors (Lipinski definition) is 5. The fourth-order valence-electron chi connectivity index (χ4n) is 3.84. The second-order valence-corrected chi connectivity index (χ2v) is 7.58. The number of amides is 3. The Balaban J connectivity index is 1.57. The van der Waals surface area contributed by atoms with Crippen LogP contribution in [0.3, 0.4) is 0 Å². The molecule has 2 saturated heterocycles. The van der Waals surface area contributed by atoms with Gasteiger partial charge in [0.25, 0.3) is 0 Å². The standard InChI is InChI=1S/C17H28N6O3/c1-20(2)16(25)23-9-6-17(26)5-8-22(10-13(17)11-23)12-15(24)18-14-4-7-21(3)19-14/h4,7,13,26H,5-6,8-12H2,1-3H3,(H,18,19,24)/t13-,17-/m1/s1. The fraction of sp³-hybridized carbons (Fsp3) is 0.706. The average molecular weight is 364 g/mol. The molecule has 9 heteroatoms. The molecule has 0 bridgehead atoms. The molecule has 0 saturated carbocycles. The fourth-order valence-corrected chi connectivity index (χ4v) is 3.84. The lowest BCUT2D eigenvalue weighted by atomic mass is 9.75. The number of fused-ring (bicyclic) bond motifs is 1. The highest BCUT2D eigenvalue weighted by atomic mass is 16.3. The summed E-state index contributed by atoms with van der Waals surface area (Å²) < 4.78 is 1.63. The second kappa shape index (κ2) is 7.24. The van der Waals surface area contributed by atoms with Gasteiger partial charge in [-0.05, 0) is 12.8 Å². The zero-order valence-electron chi connectivity index (χ0n) is 15.7. The molecule has 144 valence electrons. The van der Waals surface area contributed by atoms with Crippen LogP contribution in [0.1, 0.15) is 12.8 Å². The van der Waals surface area contributed by atoms with E-state index in [1.807, 2.05) is 4.90 Å². The third-order valence-electron chi connectivity index (χ3n) is 5.36. The summed E-state index contributed by atoms with van der Waals surface area (Å²) in [4.78, 5) is 29.9. The number of aromatic nitrogens is 2. The Morgan fingerprint density at radius 1 is 1.35 bits per heavy atom. The highest BCUT2D eigenvalue weighted by Gasteiger charge is 2.46. The van der Waals surface area contributed by atoms with Gasteiger partial charge < -0.3 is 20.2 Å². The van der Waals surface area contributed by atoms with Gasteiger partial charge in [0.05, 0.1) is 12.1 Å². The molecular formula is C17H28N6O3. The number of piperidine rings is 2. The first-order valence-electron chi connectivity index (χ1n) is 8.97.